The third kappa shape index (κ3) is 1.80. The van der Waals surface area contributed by atoms with Crippen molar-refractivity contribution in [2.24, 2.45) is 0 Å². The Labute approximate surface area is 147 Å². The summed E-state index contributed by atoms with van der Waals surface area (Å²) in [6.07, 6.45) is 1.70. The molecular formula is C21H9N5. The number of aromatic nitrogens is 3. The minimum absolute atomic E-state index is 0.0205. The maximum atomic E-state index is 9.35. The van der Waals surface area contributed by atoms with Crippen molar-refractivity contribution in [1.29, 1.82) is 10.5 Å². The van der Waals surface area contributed by atoms with Crippen molar-refractivity contribution < 1.29 is 0 Å². The van der Waals surface area contributed by atoms with Crippen LogP contribution in [-0.2, 0) is 0 Å². The largest absolute Gasteiger partial charge is 0.254 e. The fraction of sp³-hybridized carbons (Fsp3) is 0. The van der Waals surface area contributed by atoms with E-state index in [1.54, 1.807) is 6.20 Å². The van der Waals surface area contributed by atoms with Crippen molar-refractivity contribution in [3.8, 4) is 12.1 Å². The minimum Gasteiger partial charge on any atom is -0.254 e. The van der Waals surface area contributed by atoms with Crippen LogP contribution < -0.4 is 0 Å². The molecule has 5 rings (SSSR count). The molecule has 0 saturated heterocycles. The number of pyridine rings is 1. The molecule has 5 aromatic rings. The molecule has 2 aromatic heterocycles. The van der Waals surface area contributed by atoms with Gasteiger partial charge in [-0.1, -0.05) is 42.5 Å². The van der Waals surface area contributed by atoms with Crippen LogP contribution >= 0.6 is 0 Å². The number of hydrogen-bond acceptors (Lipinski definition) is 5. The number of nitriles is 2. The fourth-order valence-corrected chi connectivity index (χ4v) is 3.50. The Morgan fingerprint density at radius 2 is 1.35 bits per heavy atom. The first kappa shape index (κ1) is 14.3. The van der Waals surface area contributed by atoms with Crippen LogP contribution in [0.4, 0.5) is 0 Å². The van der Waals surface area contributed by atoms with Crippen molar-refractivity contribution in [3.05, 3.63) is 66.1 Å². The zero-order valence-corrected chi connectivity index (χ0v) is 13.4. The van der Waals surface area contributed by atoms with Gasteiger partial charge < -0.3 is 0 Å². The van der Waals surface area contributed by atoms with Gasteiger partial charge in [0.1, 0.15) is 23.2 Å². The SMILES string of the molecule is N#Cc1nc2c3ccc4ccccc4c3c3cccnc3c2nc1C#N. The van der Waals surface area contributed by atoms with Crippen LogP contribution in [0.5, 0.6) is 0 Å². The Balaban J connectivity index is 2.18. The van der Waals surface area contributed by atoms with Crippen LogP contribution in [0.25, 0.3) is 43.5 Å². The second-order valence-electron chi connectivity index (χ2n) is 5.95. The first-order valence-electron chi connectivity index (χ1n) is 8.02. The summed E-state index contributed by atoms with van der Waals surface area (Å²) in [6, 6.07) is 20.0. The molecule has 0 spiro atoms. The molecule has 0 atom stereocenters. The van der Waals surface area contributed by atoms with Crippen LogP contribution in [0, 0.1) is 22.7 Å². The molecule has 0 fully saturated rings. The van der Waals surface area contributed by atoms with Crippen molar-refractivity contribution in [1.82, 2.24) is 15.0 Å². The zero-order chi connectivity index (χ0) is 17.7. The third-order valence-electron chi connectivity index (χ3n) is 4.59. The van der Waals surface area contributed by atoms with E-state index in [0.29, 0.717) is 16.6 Å². The van der Waals surface area contributed by atoms with Crippen molar-refractivity contribution in [2.45, 2.75) is 0 Å². The van der Waals surface area contributed by atoms with Gasteiger partial charge in [-0.25, -0.2) is 9.97 Å². The van der Waals surface area contributed by atoms with E-state index >= 15 is 0 Å². The molecule has 118 valence electrons. The molecule has 0 N–H and O–H groups in total. The van der Waals surface area contributed by atoms with E-state index in [9.17, 15) is 10.5 Å². The van der Waals surface area contributed by atoms with Gasteiger partial charge in [0.2, 0.25) is 0 Å². The predicted octanol–water partition coefficient (Wildman–Crippen LogP) is 4.23. The van der Waals surface area contributed by atoms with Gasteiger partial charge in [-0.2, -0.15) is 10.5 Å². The minimum atomic E-state index is 0.0205. The van der Waals surface area contributed by atoms with E-state index in [4.69, 9.17) is 0 Å². The van der Waals surface area contributed by atoms with Gasteiger partial charge in [-0.15, -0.1) is 0 Å². The highest BCUT2D eigenvalue weighted by Gasteiger charge is 2.17. The van der Waals surface area contributed by atoms with E-state index in [-0.39, 0.29) is 11.4 Å². The van der Waals surface area contributed by atoms with Gasteiger partial charge in [-0.3, -0.25) is 4.98 Å². The average molecular weight is 331 g/mol. The number of benzene rings is 3. The Morgan fingerprint density at radius 1 is 0.654 bits per heavy atom. The second-order valence-corrected chi connectivity index (χ2v) is 5.95. The van der Waals surface area contributed by atoms with Gasteiger partial charge >= 0.3 is 0 Å². The maximum absolute atomic E-state index is 9.35. The third-order valence-corrected chi connectivity index (χ3v) is 4.59. The molecule has 0 bridgehead atoms. The summed E-state index contributed by atoms with van der Waals surface area (Å²) in [4.78, 5) is 13.4. The highest BCUT2D eigenvalue weighted by molar-refractivity contribution is 6.29. The summed E-state index contributed by atoms with van der Waals surface area (Å²) in [5.74, 6) is 0. The maximum Gasteiger partial charge on any atom is 0.177 e. The van der Waals surface area contributed by atoms with Gasteiger partial charge in [0.15, 0.2) is 11.4 Å². The molecular weight excluding hydrogens is 322 g/mol. The van der Waals surface area contributed by atoms with Crippen LogP contribution in [0.1, 0.15) is 11.4 Å². The monoisotopic (exact) mass is 331 g/mol. The number of hydrogen-bond donors (Lipinski definition) is 0. The van der Waals surface area contributed by atoms with Gasteiger partial charge in [0.05, 0.1) is 5.52 Å². The smallest absolute Gasteiger partial charge is 0.177 e. The number of nitrogens with zero attached hydrogens (tertiary/aromatic N) is 5. The molecule has 5 nitrogen and oxygen atoms in total. The highest BCUT2D eigenvalue weighted by atomic mass is 14.8. The molecule has 0 amide bonds. The summed E-state index contributed by atoms with van der Waals surface area (Å²) >= 11 is 0. The first-order chi connectivity index (χ1) is 12.8. The van der Waals surface area contributed by atoms with E-state index in [1.165, 1.54) is 0 Å². The molecule has 3 aromatic carbocycles. The zero-order valence-electron chi connectivity index (χ0n) is 13.4. The predicted molar refractivity (Wildman–Crippen MR) is 99.3 cm³/mol. The lowest BCUT2D eigenvalue weighted by Crippen LogP contribution is -1.98. The van der Waals surface area contributed by atoms with Crippen molar-refractivity contribution in [3.63, 3.8) is 0 Å². The van der Waals surface area contributed by atoms with E-state index < -0.39 is 0 Å². The van der Waals surface area contributed by atoms with Gasteiger partial charge in [-0.05, 0) is 16.8 Å². The van der Waals surface area contributed by atoms with Gasteiger partial charge in [0.25, 0.3) is 0 Å². The Morgan fingerprint density at radius 3 is 2.15 bits per heavy atom. The molecule has 26 heavy (non-hydrogen) atoms. The molecule has 0 radical (unpaired) electrons. The second kappa shape index (κ2) is 5.20. The highest BCUT2D eigenvalue weighted by Crippen LogP contribution is 2.36. The summed E-state index contributed by atoms with van der Waals surface area (Å²) < 4.78 is 0. The quantitative estimate of drug-likeness (QED) is 0.396. The fourth-order valence-electron chi connectivity index (χ4n) is 3.50. The summed E-state index contributed by atoms with van der Waals surface area (Å²) in [7, 11) is 0. The lowest BCUT2D eigenvalue weighted by atomic mass is 9.96. The van der Waals surface area contributed by atoms with Crippen LogP contribution in [0.15, 0.2) is 54.7 Å². The first-order valence-corrected chi connectivity index (χ1v) is 8.02. The van der Waals surface area contributed by atoms with Crippen molar-refractivity contribution >= 4 is 43.5 Å². The van der Waals surface area contributed by atoms with E-state index in [2.05, 4.69) is 27.1 Å². The topological polar surface area (TPSA) is 86.2 Å². The summed E-state index contributed by atoms with van der Waals surface area (Å²) in [5, 5.41) is 23.7. The number of fused-ring (bicyclic) bond motifs is 8. The summed E-state index contributed by atoms with van der Waals surface area (Å²) in [5.41, 5.74) is 1.86. The van der Waals surface area contributed by atoms with E-state index in [1.807, 2.05) is 48.5 Å². The average Bonchev–Trinajstić information content (AvgIpc) is 2.72. The molecule has 2 heterocycles. The Hall–Kier alpha value is -4.09. The van der Waals surface area contributed by atoms with Crippen LogP contribution in [0.3, 0.4) is 0 Å². The van der Waals surface area contributed by atoms with Crippen LogP contribution in [-0.4, -0.2) is 15.0 Å². The lowest BCUT2D eigenvalue weighted by Gasteiger charge is -2.11. The Bertz CT molecular complexity index is 1460. The molecule has 0 unspecified atom stereocenters. The van der Waals surface area contributed by atoms with E-state index in [0.717, 1.165) is 26.9 Å². The summed E-state index contributed by atoms with van der Waals surface area (Å²) in [6.45, 7) is 0. The van der Waals surface area contributed by atoms with Crippen LogP contribution in [0.2, 0.25) is 0 Å². The normalized spacial score (nSPS) is 11.0. The standard InChI is InChI=1S/C21H9N5/c22-10-16-17(11-23)26-21-19-14(6-3-9-24-19)18-13-5-2-1-4-12(13)7-8-15(18)20(21)25-16/h1-9H. The molecule has 0 saturated carbocycles. The molecule has 0 aliphatic carbocycles. The lowest BCUT2D eigenvalue weighted by molar-refractivity contribution is 1.20. The number of rotatable bonds is 0. The molecule has 0 aliphatic rings. The Kier molecular flexibility index (Phi) is 2.86. The van der Waals surface area contributed by atoms with Crippen molar-refractivity contribution in [2.75, 3.05) is 0 Å². The molecule has 0 aliphatic heterocycles. The molecule has 5 heteroatoms. The van der Waals surface area contributed by atoms with Gasteiger partial charge in [0, 0.05) is 22.4 Å².